The van der Waals surface area contributed by atoms with Crippen molar-refractivity contribution in [2.75, 3.05) is 0 Å². The van der Waals surface area contributed by atoms with Gasteiger partial charge >= 0.3 is 0 Å². The molecule has 0 bridgehead atoms. The summed E-state index contributed by atoms with van der Waals surface area (Å²) in [6.07, 6.45) is 0. The van der Waals surface area contributed by atoms with Gasteiger partial charge in [0.25, 0.3) is 0 Å². The van der Waals surface area contributed by atoms with Gasteiger partial charge in [0.05, 0.1) is 5.41 Å². The Balaban J connectivity index is 1.88. The first-order chi connectivity index (χ1) is 13.7. The summed E-state index contributed by atoms with van der Waals surface area (Å²) in [7, 11) is 0. The van der Waals surface area contributed by atoms with Crippen molar-refractivity contribution >= 4 is 27.5 Å². The average Bonchev–Trinajstić information content (AvgIpc) is 2.99. The van der Waals surface area contributed by atoms with E-state index in [9.17, 15) is 0 Å². The molecule has 4 aromatic carbocycles. The van der Waals surface area contributed by atoms with Crippen molar-refractivity contribution in [1.82, 2.24) is 0 Å². The predicted molar refractivity (Wildman–Crippen MR) is 117 cm³/mol. The van der Waals surface area contributed by atoms with Crippen LogP contribution in [-0.2, 0) is 5.41 Å². The van der Waals surface area contributed by atoms with Gasteiger partial charge in [-0.05, 0) is 52.6 Å². The first-order valence-electron chi connectivity index (χ1n) is 9.17. The Bertz CT molecular complexity index is 1280. The van der Waals surface area contributed by atoms with Gasteiger partial charge in [0.2, 0.25) is 0 Å². The maximum Gasteiger partial charge on any atom is 0.133 e. The van der Waals surface area contributed by atoms with Gasteiger partial charge in [0.1, 0.15) is 11.5 Å². The number of hydrogen-bond acceptors (Lipinski definition) is 1. The van der Waals surface area contributed by atoms with Crippen LogP contribution in [0.5, 0.6) is 11.5 Å². The Kier molecular flexibility index (Phi) is 3.36. The lowest BCUT2D eigenvalue weighted by Gasteiger charge is -2.39. The quantitative estimate of drug-likeness (QED) is 0.234. The third kappa shape index (κ3) is 1.92. The Morgan fingerprint density at radius 2 is 1.39 bits per heavy atom. The number of halogens is 2. The summed E-state index contributed by atoms with van der Waals surface area (Å²) in [5.41, 5.74) is 6.60. The summed E-state index contributed by atoms with van der Waals surface area (Å²) in [5.74, 6) is 1.69. The lowest BCUT2D eigenvalue weighted by atomic mass is 9.66. The molecule has 1 aliphatic heterocycles. The summed E-state index contributed by atoms with van der Waals surface area (Å²) >= 11 is 10.5. The van der Waals surface area contributed by atoms with Crippen LogP contribution in [0.4, 0.5) is 0 Å². The fourth-order valence-corrected chi connectivity index (χ4v) is 5.56. The van der Waals surface area contributed by atoms with Crippen molar-refractivity contribution in [1.29, 1.82) is 0 Å². The van der Waals surface area contributed by atoms with E-state index in [1.54, 1.807) is 0 Å². The second-order valence-corrected chi connectivity index (χ2v) is 8.52. The highest BCUT2D eigenvalue weighted by molar-refractivity contribution is 9.10. The molecule has 1 nitrogen and oxygen atoms in total. The SMILES string of the molecule is Clc1cccc2c1C1(c3ccccc3O2)c2ccccc2-c2cc(Br)ccc21. The second-order valence-electron chi connectivity index (χ2n) is 7.20. The highest BCUT2D eigenvalue weighted by Crippen LogP contribution is 2.63. The monoisotopic (exact) mass is 444 g/mol. The van der Waals surface area contributed by atoms with Crippen LogP contribution >= 0.6 is 27.5 Å². The van der Waals surface area contributed by atoms with E-state index in [1.807, 2.05) is 30.3 Å². The van der Waals surface area contributed by atoms with E-state index in [-0.39, 0.29) is 0 Å². The first kappa shape index (κ1) is 16.4. The fraction of sp³-hybridized carbons (Fsp3) is 0.0400. The van der Waals surface area contributed by atoms with Crippen LogP contribution < -0.4 is 4.74 Å². The number of fused-ring (bicyclic) bond motifs is 9. The molecule has 6 rings (SSSR count). The number of hydrogen-bond donors (Lipinski definition) is 0. The van der Waals surface area contributed by atoms with Crippen molar-refractivity contribution in [2.24, 2.45) is 0 Å². The third-order valence-electron chi connectivity index (χ3n) is 5.87. The topological polar surface area (TPSA) is 9.23 Å². The summed E-state index contributed by atoms with van der Waals surface area (Å²) < 4.78 is 7.37. The van der Waals surface area contributed by atoms with Gasteiger partial charge in [-0.3, -0.25) is 0 Å². The smallest absolute Gasteiger partial charge is 0.133 e. The van der Waals surface area contributed by atoms with E-state index in [0.717, 1.165) is 32.1 Å². The zero-order chi connectivity index (χ0) is 18.9. The lowest BCUT2D eigenvalue weighted by molar-refractivity contribution is 0.436. The summed E-state index contributed by atoms with van der Waals surface area (Å²) in [6.45, 7) is 0. The van der Waals surface area contributed by atoms with Gasteiger partial charge in [0.15, 0.2) is 0 Å². The Labute approximate surface area is 176 Å². The van der Waals surface area contributed by atoms with Crippen LogP contribution in [0.2, 0.25) is 5.02 Å². The molecule has 0 radical (unpaired) electrons. The largest absolute Gasteiger partial charge is 0.457 e. The molecule has 4 aromatic rings. The molecule has 1 aliphatic carbocycles. The zero-order valence-corrected chi connectivity index (χ0v) is 17.1. The molecule has 0 amide bonds. The molecule has 28 heavy (non-hydrogen) atoms. The third-order valence-corrected chi connectivity index (χ3v) is 6.68. The van der Waals surface area contributed by atoms with Crippen LogP contribution in [-0.4, -0.2) is 0 Å². The summed E-state index contributed by atoms with van der Waals surface area (Å²) in [4.78, 5) is 0. The van der Waals surface area contributed by atoms with Gasteiger partial charge in [-0.2, -0.15) is 0 Å². The lowest BCUT2D eigenvalue weighted by Crippen LogP contribution is -2.32. The molecule has 1 unspecified atom stereocenters. The van der Waals surface area contributed by atoms with E-state index >= 15 is 0 Å². The maximum atomic E-state index is 6.85. The molecule has 1 spiro atoms. The molecular formula is C25H14BrClO. The van der Waals surface area contributed by atoms with E-state index in [0.29, 0.717) is 0 Å². The van der Waals surface area contributed by atoms with E-state index in [2.05, 4.69) is 70.5 Å². The summed E-state index contributed by atoms with van der Waals surface area (Å²) in [6, 6.07) is 29.4. The zero-order valence-electron chi connectivity index (χ0n) is 14.7. The molecule has 1 heterocycles. The Morgan fingerprint density at radius 1 is 0.679 bits per heavy atom. The molecule has 0 fully saturated rings. The number of benzene rings is 4. The van der Waals surface area contributed by atoms with E-state index in [4.69, 9.17) is 16.3 Å². The van der Waals surface area contributed by atoms with Crippen LogP contribution in [0.1, 0.15) is 22.3 Å². The molecule has 0 aromatic heterocycles. The van der Waals surface area contributed by atoms with Crippen molar-refractivity contribution in [3.63, 3.8) is 0 Å². The average molecular weight is 446 g/mol. The first-order valence-corrected chi connectivity index (χ1v) is 10.3. The van der Waals surface area contributed by atoms with Gasteiger partial charge in [-0.1, -0.05) is 82.1 Å². The normalized spacial score (nSPS) is 18.1. The predicted octanol–water partition coefficient (Wildman–Crippen LogP) is 7.57. The highest BCUT2D eigenvalue weighted by atomic mass is 79.9. The molecule has 0 saturated carbocycles. The Hall–Kier alpha value is -2.55. The number of ether oxygens (including phenoxy) is 1. The van der Waals surface area contributed by atoms with Crippen LogP contribution in [0, 0.1) is 0 Å². The molecule has 3 heteroatoms. The fourth-order valence-electron chi connectivity index (χ4n) is 4.89. The van der Waals surface area contributed by atoms with Crippen LogP contribution in [0.3, 0.4) is 0 Å². The minimum atomic E-state index is -0.491. The van der Waals surface area contributed by atoms with Crippen LogP contribution in [0.15, 0.2) is 89.4 Å². The van der Waals surface area contributed by atoms with E-state index in [1.165, 1.54) is 22.3 Å². The molecular weight excluding hydrogens is 432 g/mol. The molecule has 0 N–H and O–H groups in total. The van der Waals surface area contributed by atoms with Crippen molar-refractivity contribution in [2.45, 2.75) is 5.41 Å². The number of rotatable bonds is 0. The minimum Gasteiger partial charge on any atom is -0.457 e. The standard InChI is InChI=1S/C25H14BrClO/c26-15-12-13-19-17(14-15)16-6-1-2-7-18(16)25(19)20-8-3-4-10-22(20)28-23-11-5-9-21(27)24(23)25/h1-14H. The highest BCUT2D eigenvalue weighted by Gasteiger charge is 2.51. The molecule has 1 atom stereocenters. The molecule has 0 saturated heterocycles. The van der Waals surface area contributed by atoms with Gasteiger partial charge < -0.3 is 4.74 Å². The summed E-state index contributed by atoms with van der Waals surface area (Å²) in [5, 5.41) is 0.720. The van der Waals surface area contributed by atoms with Crippen molar-refractivity contribution < 1.29 is 4.74 Å². The second kappa shape index (κ2) is 5.73. The van der Waals surface area contributed by atoms with Crippen LogP contribution in [0.25, 0.3) is 11.1 Å². The van der Waals surface area contributed by atoms with Gasteiger partial charge in [-0.15, -0.1) is 0 Å². The van der Waals surface area contributed by atoms with E-state index < -0.39 is 5.41 Å². The minimum absolute atomic E-state index is 0.491. The van der Waals surface area contributed by atoms with Gasteiger partial charge in [0, 0.05) is 20.6 Å². The van der Waals surface area contributed by atoms with Crippen molar-refractivity contribution in [3.8, 4) is 22.6 Å². The van der Waals surface area contributed by atoms with Crippen molar-refractivity contribution in [3.05, 3.63) is 117 Å². The number of para-hydroxylation sites is 1. The molecule has 2 aliphatic rings. The Morgan fingerprint density at radius 3 is 2.29 bits per heavy atom. The molecule has 134 valence electrons. The van der Waals surface area contributed by atoms with Gasteiger partial charge in [-0.25, -0.2) is 0 Å². The maximum absolute atomic E-state index is 6.85.